The van der Waals surface area contributed by atoms with Crippen LogP contribution in [0.4, 0.5) is 0 Å². The number of aryl methyl sites for hydroxylation is 2. The number of fused-ring (bicyclic) bond motifs is 1. The number of benzene rings is 2. The van der Waals surface area contributed by atoms with Gasteiger partial charge in [-0.1, -0.05) is 30.3 Å². The third-order valence-corrected chi connectivity index (χ3v) is 5.07. The van der Waals surface area contributed by atoms with Gasteiger partial charge >= 0.3 is 0 Å². The summed E-state index contributed by atoms with van der Waals surface area (Å²) in [6.45, 7) is 5.85. The zero-order chi connectivity index (χ0) is 19.7. The normalized spacial score (nSPS) is 12.1. The van der Waals surface area contributed by atoms with E-state index in [9.17, 15) is 4.79 Å². The van der Waals surface area contributed by atoms with Crippen molar-refractivity contribution in [3.05, 3.63) is 89.4 Å². The molecule has 0 aliphatic heterocycles. The molecule has 5 nitrogen and oxygen atoms in total. The van der Waals surface area contributed by atoms with E-state index in [-0.39, 0.29) is 11.9 Å². The largest absolute Gasteiger partial charge is 0.345 e. The molecule has 0 saturated carbocycles. The van der Waals surface area contributed by atoms with E-state index in [2.05, 4.69) is 15.4 Å². The lowest BCUT2D eigenvalue weighted by Crippen LogP contribution is -2.28. The maximum Gasteiger partial charge on any atom is 0.253 e. The standard InChI is InChI=1S/C23H22N4O/c1-15-20-7-4-5-8-21(20)25-17(3)22(15)23(28)26-16(2)18-9-11-19(12-10-18)27-14-6-13-24-27/h4-14,16H,1-3H3,(H,26,28). The number of rotatable bonds is 4. The van der Waals surface area contributed by atoms with Crippen LogP contribution in [0.2, 0.25) is 0 Å². The summed E-state index contributed by atoms with van der Waals surface area (Å²) in [5.74, 6) is -0.100. The van der Waals surface area contributed by atoms with Crippen LogP contribution in [-0.4, -0.2) is 20.7 Å². The molecule has 0 fully saturated rings. The van der Waals surface area contributed by atoms with Gasteiger partial charge in [0.15, 0.2) is 0 Å². The van der Waals surface area contributed by atoms with Crippen molar-refractivity contribution < 1.29 is 4.79 Å². The predicted octanol–water partition coefficient (Wildman–Crippen LogP) is 4.53. The van der Waals surface area contributed by atoms with Crippen LogP contribution in [0.3, 0.4) is 0 Å². The lowest BCUT2D eigenvalue weighted by molar-refractivity contribution is 0.0938. The first-order valence-electron chi connectivity index (χ1n) is 9.31. The van der Waals surface area contributed by atoms with Gasteiger partial charge < -0.3 is 5.32 Å². The minimum atomic E-state index is -0.121. The van der Waals surface area contributed by atoms with Crippen molar-refractivity contribution in [1.29, 1.82) is 0 Å². The number of pyridine rings is 1. The van der Waals surface area contributed by atoms with Gasteiger partial charge in [0.2, 0.25) is 0 Å². The molecule has 0 bridgehead atoms. The maximum atomic E-state index is 13.0. The predicted molar refractivity (Wildman–Crippen MR) is 111 cm³/mol. The lowest BCUT2D eigenvalue weighted by Gasteiger charge is -2.17. The number of nitrogens with one attached hydrogen (secondary N) is 1. The Labute approximate surface area is 164 Å². The Balaban J connectivity index is 1.57. The highest BCUT2D eigenvalue weighted by molar-refractivity contribution is 6.01. The molecule has 0 spiro atoms. The third kappa shape index (κ3) is 3.27. The van der Waals surface area contributed by atoms with Crippen LogP contribution in [0.25, 0.3) is 16.6 Å². The second kappa shape index (κ2) is 7.27. The number of para-hydroxylation sites is 1. The fraction of sp³-hybridized carbons (Fsp3) is 0.174. The van der Waals surface area contributed by atoms with Crippen molar-refractivity contribution in [2.45, 2.75) is 26.8 Å². The number of hydrogen-bond acceptors (Lipinski definition) is 3. The molecule has 28 heavy (non-hydrogen) atoms. The van der Waals surface area contributed by atoms with Crippen LogP contribution in [0.15, 0.2) is 67.0 Å². The molecular weight excluding hydrogens is 348 g/mol. The highest BCUT2D eigenvalue weighted by atomic mass is 16.1. The number of carbonyl (C=O) groups excluding carboxylic acids is 1. The second-order valence-electron chi connectivity index (χ2n) is 6.95. The average Bonchev–Trinajstić information content (AvgIpc) is 3.23. The zero-order valence-electron chi connectivity index (χ0n) is 16.2. The van der Waals surface area contributed by atoms with Crippen molar-refractivity contribution in [2.75, 3.05) is 0 Å². The summed E-state index contributed by atoms with van der Waals surface area (Å²) >= 11 is 0. The molecule has 140 valence electrons. The zero-order valence-corrected chi connectivity index (χ0v) is 16.2. The monoisotopic (exact) mass is 370 g/mol. The minimum Gasteiger partial charge on any atom is -0.345 e. The second-order valence-corrected chi connectivity index (χ2v) is 6.95. The van der Waals surface area contributed by atoms with E-state index in [1.54, 1.807) is 10.9 Å². The van der Waals surface area contributed by atoms with E-state index in [1.807, 2.05) is 81.6 Å². The SMILES string of the molecule is Cc1nc2ccccc2c(C)c1C(=O)NC(C)c1ccc(-n2cccn2)cc1. The molecule has 0 aliphatic rings. The van der Waals surface area contributed by atoms with E-state index in [0.29, 0.717) is 5.56 Å². The summed E-state index contributed by atoms with van der Waals surface area (Å²) in [5.41, 5.74) is 5.29. The summed E-state index contributed by atoms with van der Waals surface area (Å²) in [4.78, 5) is 17.6. The van der Waals surface area contributed by atoms with Gasteiger partial charge in [-0.2, -0.15) is 5.10 Å². The Bertz CT molecular complexity index is 1130. The average molecular weight is 370 g/mol. The smallest absolute Gasteiger partial charge is 0.253 e. The third-order valence-electron chi connectivity index (χ3n) is 5.07. The summed E-state index contributed by atoms with van der Waals surface area (Å²) < 4.78 is 1.81. The van der Waals surface area contributed by atoms with Crippen LogP contribution in [0.5, 0.6) is 0 Å². The van der Waals surface area contributed by atoms with Crippen LogP contribution in [-0.2, 0) is 0 Å². The molecule has 4 aromatic rings. The first-order chi connectivity index (χ1) is 13.5. The van der Waals surface area contributed by atoms with E-state index in [4.69, 9.17) is 0 Å². The van der Waals surface area contributed by atoms with E-state index in [0.717, 1.165) is 33.4 Å². The van der Waals surface area contributed by atoms with Crippen molar-refractivity contribution in [3.8, 4) is 5.69 Å². The lowest BCUT2D eigenvalue weighted by atomic mass is 10.0. The number of aromatic nitrogens is 3. The molecule has 1 amide bonds. The molecule has 1 N–H and O–H groups in total. The van der Waals surface area contributed by atoms with Gasteiger partial charge in [0.1, 0.15) is 0 Å². The van der Waals surface area contributed by atoms with Crippen LogP contribution < -0.4 is 5.32 Å². The summed E-state index contributed by atoms with van der Waals surface area (Å²) in [7, 11) is 0. The highest BCUT2D eigenvalue weighted by Gasteiger charge is 2.18. The van der Waals surface area contributed by atoms with Crippen molar-refractivity contribution in [1.82, 2.24) is 20.1 Å². The van der Waals surface area contributed by atoms with Gasteiger partial charge in [0.25, 0.3) is 5.91 Å². The van der Waals surface area contributed by atoms with Crippen molar-refractivity contribution in [2.24, 2.45) is 0 Å². The summed E-state index contributed by atoms with van der Waals surface area (Å²) in [6.07, 6.45) is 3.65. The maximum absolute atomic E-state index is 13.0. The molecule has 0 aliphatic carbocycles. The number of amides is 1. The Morgan fingerprint density at radius 1 is 1.04 bits per heavy atom. The van der Waals surface area contributed by atoms with Gasteiger partial charge in [-0.3, -0.25) is 9.78 Å². The molecule has 0 radical (unpaired) electrons. The molecule has 1 atom stereocenters. The number of carbonyl (C=O) groups is 1. The molecule has 4 rings (SSSR count). The van der Waals surface area contributed by atoms with Gasteiger partial charge in [-0.25, -0.2) is 4.68 Å². The van der Waals surface area contributed by atoms with Gasteiger partial charge in [-0.15, -0.1) is 0 Å². The quantitative estimate of drug-likeness (QED) is 0.574. The minimum absolute atomic E-state index is 0.100. The molecule has 2 aromatic heterocycles. The Morgan fingerprint density at radius 2 is 1.79 bits per heavy atom. The van der Waals surface area contributed by atoms with Gasteiger partial charge in [0, 0.05) is 17.8 Å². The first kappa shape index (κ1) is 17.9. The van der Waals surface area contributed by atoms with E-state index >= 15 is 0 Å². The molecular formula is C23H22N4O. The highest BCUT2D eigenvalue weighted by Crippen LogP contribution is 2.23. The topological polar surface area (TPSA) is 59.8 Å². The van der Waals surface area contributed by atoms with Crippen LogP contribution in [0, 0.1) is 13.8 Å². The fourth-order valence-electron chi connectivity index (χ4n) is 3.55. The van der Waals surface area contributed by atoms with Gasteiger partial charge in [0.05, 0.1) is 28.5 Å². The van der Waals surface area contributed by atoms with Crippen molar-refractivity contribution in [3.63, 3.8) is 0 Å². The van der Waals surface area contributed by atoms with Gasteiger partial charge in [-0.05, 0) is 56.2 Å². The summed E-state index contributed by atoms with van der Waals surface area (Å²) in [6, 6.07) is 17.7. The number of hydrogen-bond donors (Lipinski definition) is 1. The molecule has 2 heterocycles. The Morgan fingerprint density at radius 3 is 2.50 bits per heavy atom. The Hall–Kier alpha value is -3.47. The fourth-order valence-corrected chi connectivity index (χ4v) is 3.55. The Kier molecular flexibility index (Phi) is 4.65. The number of nitrogens with zero attached hydrogens (tertiary/aromatic N) is 3. The molecule has 1 unspecified atom stereocenters. The molecule has 0 saturated heterocycles. The molecule has 2 aromatic carbocycles. The molecule has 5 heteroatoms. The van der Waals surface area contributed by atoms with E-state index in [1.165, 1.54) is 0 Å². The van der Waals surface area contributed by atoms with Crippen molar-refractivity contribution >= 4 is 16.8 Å². The van der Waals surface area contributed by atoms with Crippen LogP contribution in [0.1, 0.15) is 40.1 Å². The van der Waals surface area contributed by atoms with E-state index < -0.39 is 0 Å². The summed E-state index contributed by atoms with van der Waals surface area (Å²) in [5, 5.41) is 8.35. The first-order valence-corrected chi connectivity index (χ1v) is 9.31. The van der Waals surface area contributed by atoms with Crippen LogP contribution >= 0.6 is 0 Å².